The van der Waals surface area contributed by atoms with Crippen LogP contribution >= 0.6 is 15.9 Å². The molecule has 0 radical (unpaired) electrons. The summed E-state index contributed by atoms with van der Waals surface area (Å²) < 4.78 is 11.6. The number of methoxy groups -OCH3 is 1. The minimum absolute atomic E-state index is 0.210. The zero-order chi connectivity index (χ0) is 12.1. The molecule has 0 bridgehead atoms. The van der Waals surface area contributed by atoms with Crippen LogP contribution < -0.4 is 0 Å². The number of morpholine rings is 1. The number of halogens is 1. The van der Waals surface area contributed by atoms with Crippen LogP contribution in [0.3, 0.4) is 0 Å². The molecule has 0 spiro atoms. The van der Waals surface area contributed by atoms with E-state index in [1.165, 1.54) is 0 Å². The lowest BCUT2D eigenvalue weighted by molar-refractivity contribution is -0.00500. The highest BCUT2D eigenvalue weighted by Gasteiger charge is 2.23. The number of hydrogen-bond donors (Lipinski definition) is 0. The van der Waals surface area contributed by atoms with Gasteiger partial charge >= 0.3 is 0 Å². The third-order valence-corrected chi connectivity index (χ3v) is 3.33. The van der Waals surface area contributed by atoms with Crippen LogP contribution in [0.1, 0.15) is 11.7 Å². The monoisotopic (exact) mass is 300 g/mol. The molecule has 4 nitrogen and oxygen atoms in total. The predicted molar refractivity (Wildman–Crippen MR) is 68.9 cm³/mol. The molecule has 2 rings (SSSR count). The van der Waals surface area contributed by atoms with Gasteiger partial charge in [0.15, 0.2) is 0 Å². The maximum Gasteiger partial charge on any atom is 0.106 e. The van der Waals surface area contributed by atoms with E-state index in [0.717, 1.165) is 36.6 Å². The average Bonchev–Trinajstić information content (AvgIpc) is 2.37. The van der Waals surface area contributed by atoms with Gasteiger partial charge in [0, 0.05) is 20.2 Å². The highest BCUT2D eigenvalue weighted by molar-refractivity contribution is 9.10. The van der Waals surface area contributed by atoms with Crippen LogP contribution in [0, 0.1) is 0 Å². The molecule has 1 aliphatic rings. The van der Waals surface area contributed by atoms with Crippen LogP contribution in [0.2, 0.25) is 0 Å². The van der Waals surface area contributed by atoms with Crippen molar-refractivity contribution in [2.75, 3.05) is 40.0 Å². The number of hydrogen-bond acceptors (Lipinski definition) is 4. The molecule has 5 heteroatoms. The van der Waals surface area contributed by atoms with Crippen molar-refractivity contribution in [1.82, 2.24) is 9.88 Å². The lowest BCUT2D eigenvalue weighted by Crippen LogP contribution is -2.41. The van der Waals surface area contributed by atoms with Gasteiger partial charge in [-0.05, 0) is 28.1 Å². The molecular weight excluding hydrogens is 284 g/mol. The zero-order valence-corrected chi connectivity index (χ0v) is 11.5. The molecule has 1 fully saturated rings. The molecule has 1 aromatic rings. The maximum absolute atomic E-state index is 5.38. The summed E-state index contributed by atoms with van der Waals surface area (Å²) in [7, 11) is 1.73. The third kappa shape index (κ3) is 3.48. The summed E-state index contributed by atoms with van der Waals surface area (Å²) in [4.78, 5) is 6.88. The van der Waals surface area contributed by atoms with Crippen molar-refractivity contribution in [2.24, 2.45) is 0 Å². The Morgan fingerprint density at radius 2 is 2.24 bits per heavy atom. The summed E-state index contributed by atoms with van der Waals surface area (Å²) in [5, 5.41) is 0. The van der Waals surface area contributed by atoms with Crippen LogP contribution in [0.15, 0.2) is 22.8 Å². The highest BCUT2D eigenvalue weighted by atomic mass is 79.9. The fourth-order valence-corrected chi connectivity index (χ4v) is 2.39. The maximum atomic E-state index is 5.38. The Bertz CT molecular complexity index is 356. The van der Waals surface area contributed by atoms with Gasteiger partial charge in [-0.25, -0.2) is 4.98 Å². The summed E-state index contributed by atoms with van der Waals surface area (Å²) in [5.74, 6) is 0. The van der Waals surface area contributed by atoms with Gasteiger partial charge in [-0.2, -0.15) is 0 Å². The molecule has 1 saturated heterocycles. The minimum atomic E-state index is 0.210. The van der Waals surface area contributed by atoms with Gasteiger partial charge in [-0.1, -0.05) is 6.07 Å². The number of nitrogens with zero attached hydrogens (tertiary/aromatic N) is 2. The molecule has 1 aromatic heterocycles. The normalized spacial score (nSPS) is 19.2. The lowest BCUT2D eigenvalue weighted by atomic mass is 10.1. The van der Waals surface area contributed by atoms with Gasteiger partial charge in [0.05, 0.1) is 31.6 Å². The Balaban J connectivity index is 2.15. The largest absolute Gasteiger partial charge is 0.383 e. The van der Waals surface area contributed by atoms with E-state index in [9.17, 15) is 0 Å². The van der Waals surface area contributed by atoms with Crippen LogP contribution in [-0.2, 0) is 9.47 Å². The molecule has 1 unspecified atom stereocenters. The number of ether oxygens (including phenoxy) is 2. The van der Waals surface area contributed by atoms with Crippen molar-refractivity contribution in [3.05, 3.63) is 28.5 Å². The van der Waals surface area contributed by atoms with E-state index >= 15 is 0 Å². The zero-order valence-electron chi connectivity index (χ0n) is 9.93. The molecule has 94 valence electrons. The smallest absolute Gasteiger partial charge is 0.106 e. The van der Waals surface area contributed by atoms with Gasteiger partial charge in [0.1, 0.15) is 4.60 Å². The first-order valence-electron chi connectivity index (χ1n) is 5.74. The van der Waals surface area contributed by atoms with Crippen molar-refractivity contribution >= 4 is 15.9 Å². The van der Waals surface area contributed by atoms with Crippen molar-refractivity contribution in [2.45, 2.75) is 6.04 Å². The second-order valence-corrected chi connectivity index (χ2v) is 4.82. The first-order chi connectivity index (χ1) is 8.31. The summed E-state index contributed by atoms with van der Waals surface area (Å²) in [6.45, 7) is 4.09. The molecule has 2 heterocycles. The number of pyridine rings is 1. The number of aromatic nitrogens is 1. The van der Waals surface area contributed by atoms with Crippen LogP contribution in [0.4, 0.5) is 0 Å². The summed E-state index contributed by atoms with van der Waals surface area (Å²) in [6.07, 6.45) is 0. The minimum Gasteiger partial charge on any atom is -0.383 e. The Morgan fingerprint density at radius 3 is 2.88 bits per heavy atom. The molecule has 0 aliphatic carbocycles. The number of rotatable bonds is 4. The molecular formula is C12H17BrN2O2. The van der Waals surface area contributed by atoms with Gasteiger partial charge in [0.25, 0.3) is 0 Å². The fourth-order valence-electron chi connectivity index (χ4n) is 2.03. The first-order valence-corrected chi connectivity index (χ1v) is 6.54. The SMILES string of the molecule is COCC(c1cccc(Br)n1)N1CCOCC1. The molecule has 17 heavy (non-hydrogen) atoms. The van der Waals surface area contributed by atoms with Crippen molar-refractivity contribution in [1.29, 1.82) is 0 Å². The van der Waals surface area contributed by atoms with E-state index in [2.05, 4.69) is 25.8 Å². The first kappa shape index (κ1) is 13.0. The predicted octanol–water partition coefficient (Wildman–Crippen LogP) is 1.86. The van der Waals surface area contributed by atoms with Crippen molar-refractivity contribution < 1.29 is 9.47 Å². The molecule has 0 saturated carbocycles. The van der Waals surface area contributed by atoms with Crippen molar-refractivity contribution in [3.63, 3.8) is 0 Å². The topological polar surface area (TPSA) is 34.6 Å². The van der Waals surface area contributed by atoms with Crippen LogP contribution in [-0.4, -0.2) is 49.9 Å². The summed E-state index contributed by atoms with van der Waals surface area (Å²) >= 11 is 3.41. The van der Waals surface area contributed by atoms with E-state index in [4.69, 9.17) is 9.47 Å². The molecule has 1 atom stereocenters. The highest BCUT2D eigenvalue weighted by Crippen LogP contribution is 2.21. The van der Waals surface area contributed by atoms with Crippen LogP contribution in [0.25, 0.3) is 0 Å². The molecule has 1 aliphatic heterocycles. The van der Waals surface area contributed by atoms with E-state index in [1.807, 2.05) is 18.2 Å². The van der Waals surface area contributed by atoms with E-state index in [1.54, 1.807) is 7.11 Å². The van der Waals surface area contributed by atoms with Crippen molar-refractivity contribution in [3.8, 4) is 0 Å². The lowest BCUT2D eigenvalue weighted by Gasteiger charge is -2.33. The van der Waals surface area contributed by atoms with E-state index < -0.39 is 0 Å². The summed E-state index contributed by atoms with van der Waals surface area (Å²) in [5.41, 5.74) is 1.04. The van der Waals surface area contributed by atoms with Gasteiger partial charge in [0.2, 0.25) is 0 Å². The fraction of sp³-hybridized carbons (Fsp3) is 0.583. The molecule has 0 amide bonds. The van der Waals surface area contributed by atoms with Gasteiger partial charge in [-0.15, -0.1) is 0 Å². The Labute approximate surface area is 110 Å². The standard InChI is InChI=1S/C12H17BrN2O2/c1-16-9-11(15-5-7-17-8-6-15)10-3-2-4-12(13)14-10/h2-4,11H,5-9H2,1H3. The Hall–Kier alpha value is -0.490. The quantitative estimate of drug-likeness (QED) is 0.795. The second kappa shape index (κ2) is 6.44. The van der Waals surface area contributed by atoms with Crippen LogP contribution in [0.5, 0.6) is 0 Å². The van der Waals surface area contributed by atoms with Gasteiger partial charge in [-0.3, -0.25) is 4.90 Å². The van der Waals surface area contributed by atoms with E-state index in [0.29, 0.717) is 6.61 Å². The molecule has 0 aromatic carbocycles. The Kier molecular flexibility index (Phi) is 4.91. The third-order valence-electron chi connectivity index (χ3n) is 2.89. The van der Waals surface area contributed by atoms with Gasteiger partial charge < -0.3 is 9.47 Å². The van der Waals surface area contributed by atoms with E-state index in [-0.39, 0.29) is 6.04 Å². The summed E-state index contributed by atoms with van der Waals surface area (Å²) in [6, 6.07) is 6.20. The molecule has 0 N–H and O–H groups in total. The second-order valence-electron chi connectivity index (χ2n) is 4.00. The Morgan fingerprint density at radius 1 is 1.47 bits per heavy atom. The average molecular weight is 301 g/mol.